The minimum absolute atomic E-state index is 0.0810. The van der Waals surface area contributed by atoms with Crippen molar-refractivity contribution in [2.24, 2.45) is 0 Å². The van der Waals surface area contributed by atoms with Gasteiger partial charge in [0, 0.05) is 13.0 Å². The third-order valence-corrected chi connectivity index (χ3v) is 3.23. The summed E-state index contributed by atoms with van der Waals surface area (Å²) in [6.07, 6.45) is 2.01. The Morgan fingerprint density at radius 1 is 1.53 bits per heavy atom. The summed E-state index contributed by atoms with van der Waals surface area (Å²) in [5.41, 5.74) is 0.713. The fourth-order valence-corrected chi connectivity index (χ4v) is 2.37. The monoisotopic (exact) mass is 261 g/mol. The first-order valence-corrected chi connectivity index (χ1v) is 5.99. The Morgan fingerprint density at radius 2 is 2.29 bits per heavy atom. The third kappa shape index (κ3) is 2.90. The van der Waals surface area contributed by atoms with Crippen LogP contribution in [0.5, 0.6) is 0 Å². The van der Waals surface area contributed by atoms with Gasteiger partial charge in [-0.1, -0.05) is 18.5 Å². The molecule has 1 saturated heterocycles. The summed E-state index contributed by atoms with van der Waals surface area (Å²) >= 11 is 5.79. The van der Waals surface area contributed by atoms with E-state index in [1.807, 2.05) is 6.92 Å². The zero-order valence-corrected chi connectivity index (χ0v) is 10.3. The van der Waals surface area contributed by atoms with E-state index in [0.717, 1.165) is 6.42 Å². The molecule has 0 aliphatic carbocycles. The number of alkyl halides is 2. The van der Waals surface area contributed by atoms with Crippen molar-refractivity contribution in [1.29, 1.82) is 0 Å². The van der Waals surface area contributed by atoms with Crippen LogP contribution in [-0.4, -0.2) is 33.9 Å². The van der Waals surface area contributed by atoms with E-state index in [2.05, 4.69) is 9.97 Å². The molecule has 1 aliphatic heterocycles. The summed E-state index contributed by atoms with van der Waals surface area (Å²) in [4.78, 5) is 9.68. The van der Waals surface area contributed by atoms with E-state index in [4.69, 9.17) is 11.6 Å². The van der Waals surface area contributed by atoms with Crippen LogP contribution in [0, 0.1) is 0 Å². The van der Waals surface area contributed by atoms with Crippen molar-refractivity contribution >= 4 is 11.6 Å². The van der Waals surface area contributed by atoms with E-state index in [0.29, 0.717) is 17.4 Å². The molecule has 1 aromatic rings. The van der Waals surface area contributed by atoms with Crippen LogP contribution in [-0.2, 0) is 0 Å². The van der Waals surface area contributed by atoms with Gasteiger partial charge in [0.15, 0.2) is 0 Å². The molecular weight excluding hydrogens is 248 g/mol. The first-order chi connectivity index (χ1) is 8.02. The Morgan fingerprint density at radius 3 is 2.82 bits per heavy atom. The summed E-state index contributed by atoms with van der Waals surface area (Å²) in [5, 5.41) is 0.347. The Hall–Kier alpha value is -0.810. The molecule has 0 saturated carbocycles. The lowest BCUT2D eigenvalue weighted by atomic mass is 10.1. The maximum atomic E-state index is 13.2. The molecule has 1 aromatic heterocycles. The summed E-state index contributed by atoms with van der Waals surface area (Å²) < 4.78 is 26.4. The first-order valence-electron chi connectivity index (χ1n) is 5.61. The van der Waals surface area contributed by atoms with E-state index in [-0.39, 0.29) is 19.0 Å². The van der Waals surface area contributed by atoms with Crippen molar-refractivity contribution in [3.05, 3.63) is 23.2 Å². The fraction of sp³-hybridized carbons (Fsp3) is 0.636. The number of hydrogen-bond donors (Lipinski definition) is 0. The minimum Gasteiger partial charge on any atom is -0.289 e. The quantitative estimate of drug-likeness (QED) is 0.784. The van der Waals surface area contributed by atoms with Gasteiger partial charge >= 0.3 is 0 Å². The molecule has 0 bridgehead atoms. The summed E-state index contributed by atoms with van der Waals surface area (Å²) in [6.45, 7) is 2.15. The first kappa shape index (κ1) is 12.6. The summed E-state index contributed by atoms with van der Waals surface area (Å²) in [5.74, 6) is -2.58. The van der Waals surface area contributed by atoms with Crippen LogP contribution in [0.4, 0.5) is 8.78 Å². The zero-order valence-electron chi connectivity index (χ0n) is 9.54. The van der Waals surface area contributed by atoms with Crippen LogP contribution in [0.15, 0.2) is 12.4 Å². The molecule has 2 rings (SSSR count). The van der Waals surface area contributed by atoms with E-state index < -0.39 is 5.92 Å². The topological polar surface area (TPSA) is 29.0 Å². The van der Waals surface area contributed by atoms with Gasteiger partial charge in [-0.25, -0.2) is 18.7 Å². The van der Waals surface area contributed by atoms with Gasteiger partial charge in [0.1, 0.15) is 11.5 Å². The molecule has 3 nitrogen and oxygen atoms in total. The molecule has 94 valence electrons. The number of hydrogen-bond acceptors (Lipinski definition) is 3. The number of aromatic nitrogens is 2. The van der Waals surface area contributed by atoms with Crippen LogP contribution in [0.2, 0.25) is 5.15 Å². The van der Waals surface area contributed by atoms with Crippen LogP contribution < -0.4 is 0 Å². The van der Waals surface area contributed by atoms with Crippen molar-refractivity contribution in [3.63, 3.8) is 0 Å². The van der Waals surface area contributed by atoms with Gasteiger partial charge in [-0.05, 0) is 12.5 Å². The van der Waals surface area contributed by atoms with Gasteiger partial charge < -0.3 is 0 Å². The Bertz CT molecular complexity index is 400. The molecule has 1 fully saturated rings. The van der Waals surface area contributed by atoms with E-state index >= 15 is 0 Å². The predicted molar refractivity (Wildman–Crippen MR) is 61.2 cm³/mol. The average Bonchev–Trinajstić information content (AvgIpc) is 2.60. The number of halogens is 3. The van der Waals surface area contributed by atoms with Gasteiger partial charge in [-0.15, -0.1) is 0 Å². The highest BCUT2D eigenvalue weighted by molar-refractivity contribution is 6.29. The molecule has 1 unspecified atom stereocenters. The molecular formula is C11H14ClF2N3. The smallest absolute Gasteiger partial charge is 0.261 e. The fourth-order valence-electron chi connectivity index (χ4n) is 2.21. The highest BCUT2D eigenvalue weighted by Gasteiger charge is 2.41. The van der Waals surface area contributed by atoms with Gasteiger partial charge in [0.25, 0.3) is 5.92 Å². The van der Waals surface area contributed by atoms with Gasteiger partial charge in [0.05, 0.1) is 18.3 Å². The van der Waals surface area contributed by atoms with E-state index in [9.17, 15) is 8.78 Å². The van der Waals surface area contributed by atoms with Crippen molar-refractivity contribution in [3.8, 4) is 0 Å². The largest absolute Gasteiger partial charge is 0.289 e. The average molecular weight is 262 g/mol. The Balaban J connectivity index is 2.17. The van der Waals surface area contributed by atoms with Crippen LogP contribution in [0.3, 0.4) is 0 Å². The van der Waals surface area contributed by atoms with Crippen LogP contribution in [0.25, 0.3) is 0 Å². The second kappa shape index (κ2) is 4.82. The highest BCUT2D eigenvalue weighted by atomic mass is 35.5. The van der Waals surface area contributed by atoms with E-state index in [1.165, 1.54) is 6.33 Å². The molecule has 17 heavy (non-hydrogen) atoms. The number of likely N-dealkylation sites (tertiary alicyclic amines) is 1. The Labute approximate surface area is 104 Å². The minimum atomic E-state index is -2.58. The Kier molecular flexibility index (Phi) is 3.58. The van der Waals surface area contributed by atoms with Crippen molar-refractivity contribution in [1.82, 2.24) is 14.9 Å². The molecule has 2 heterocycles. The number of rotatable bonds is 3. The predicted octanol–water partition coefficient (Wildman–Crippen LogP) is 2.92. The second-order valence-corrected chi connectivity index (χ2v) is 4.65. The lowest BCUT2D eigenvalue weighted by Crippen LogP contribution is -2.29. The number of nitrogens with zero attached hydrogens (tertiary/aromatic N) is 3. The third-order valence-electron chi connectivity index (χ3n) is 3.02. The van der Waals surface area contributed by atoms with Crippen molar-refractivity contribution < 1.29 is 8.78 Å². The molecule has 0 spiro atoms. The van der Waals surface area contributed by atoms with E-state index in [1.54, 1.807) is 11.0 Å². The van der Waals surface area contributed by atoms with Gasteiger partial charge in [0.2, 0.25) is 0 Å². The molecule has 0 N–H and O–H groups in total. The molecule has 0 amide bonds. The maximum absolute atomic E-state index is 13.2. The molecule has 0 radical (unpaired) electrons. The molecule has 0 aromatic carbocycles. The highest BCUT2D eigenvalue weighted by Crippen LogP contribution is 2.34. The second-order valence-electron chi connectivity index (χ2n) is 4.27. The zero-order chi connectivity index (χ0) is 12.5. The lowest BCUT2D eigenvalue weighted by molar-refractivity contribution is 0.00703. The standard InChI is InChI=1S/C11H14ClF2N3/c1-2-9(8-5-10(12)16-7-15-8)17-4-3-11(13,14)6-17/h5,7,9H,2-4,6H2,1H3. The van der Waals surface area contributed by atoms with Crippen molar-refractivity contribution in [2.45, 2.75) is 31.7 Å². The molecule has 1 atom stereocenters. The normalized spacial score (nSPS) is 21.6. The maximum Gasteiger partial charge on any atom is 0.261 e. The van der Waals surface area contributed by atoms with Gasteiger partial charge in [-0.2, -0.15) is 0 Å². The molecule has 6 heteroatoms. The summed E-state index contributed by atoms with van der Waals surface area (Å²) in [7, 11) is 0. The van der Waals surface area contributed by atoms with Crippen LogP contribution >= 0.6 is 11.6 Å². The lowest BCUT2D eigenvalue weighted by Gasteiger charge is -2.25. The van der Waals surface area contributed by atoms with Gasteiger partial charge in [-0.3, -0.25) is 4.90 Å². The van der Waals surface area contributed by atoms with Crippen molar-refractivity contribution in [2.75, 3.05) is 13.1 Å². The SMILES string of the molecule is CCC(c1cc(Cl)ncn1)N1CCC(F)(F)C1. The van der Waals surface area contributed by atoms with Crippen LogP contribution in [0.1, 0.15) is 31.5 Å². The summed E-state index contributed by atoms with van der Waals surface area (Å²) in [6, 6.07) is 1.54. The molecule has 1 aliphatic rings.